The fourth-order valence-electron chi connectivity index (χ4n) is 4.59. The number of aliphatic imine (C=N–C) groups is 1. The Bertz CT molecular complexity index is 1440. The van der Waals surface area contributed by atoms with Gasteiger partial charge in [0.2, 0.25) is 0 Å². The highest BCUT2D eigenvalue weighted by Crippen LogP contribution is 2.29. The first kappa shape index (κ1) is 25.3. The Morgan fingerprint density at radius 3 is 2.38 bits per heavy atom. The number of amides is 1. The van der Waals surface area contributed by atoms with Crippen molar-refractivity contribution in [3.63, 3.8) is 0 Å². The Labute approximate surface area is 227 Å². The molecule has 0 N–H and O–H groups in total. The van der Waals surface area contributed by atoms with Gasteiger partial charge in [-0.05, 0) is 42.3 Å². The van der Waals surface area contributed by atoms with Gasteiger partial charge >= 0.3 is 0 Å². The number of benzene rings is 2. The second kappa shape index (κ2) is 11.3. The van der Waals surface area contributed by atoms with Crippen molar-refractivity contribution in [3.8, 4) is 22.4 Å². The first-order valence-corrected chi connectivity index (χ1v) is 13.2. The van der Waals surface area contributed by atoms with Crippen LogP contribution in [0.3, 0.4) is 0 Å². The van der Waals surface area contributed by atoms with Crippen LogP contribution in [0.4, 0.5) is 0 Å². The Hall–Kier alpha value is -3.39. The van der Waals surface area contributed by atoms with Crippen LogP contribution in [0.25, 0.3) is 28.0 Å². The minimum atomic E-state index is -0.115. The molecule has 1 amide bonds. The Balaban J connectivity index is 1.43. The Morgan fingerprint density at radius 2 is 1.68 bits per heavy atom. The molecular weight excluding hydrogens is 502 g/mol. The highest BCUT2D eigenvalue weighted by atomic mass is 35.5. The highest BCUT2D eigenvalue weighted by Gasteiger charge is 2.25. The average Bonchev–Trinajstić information content (AvgIpc) is 3.30. The van der Waals surface area contributed by atoms with Crippen molar-refractivity contribution in [3.05, 3.63) is 83.6 Å². The summed E-state index contributed by atoms with van der Waals surface area (Å²) >= 11 is 11.4. The van der Waals surface area contributed by atoms with Gasteiger partial charge in [0.15, 0.2) is 0 Å². The summed E-state index contributed by atoms with van der Waals surface area (Å²) in [6.07, 6.45) is 3.67. The highest BCUT2D eigenvalue weighted by molar-refractivity contribution is 7.83. The number of thiocarbonyl (C=S) groups is 1. The maximum absolute atomic E-state index is 12.7. The van der Waals surface area contributed by atoms with Crippen LogP contribution in [0.1, 0.15) is 12.6 Å². The van der Waals surface area contributed by atoms with Crippen LogP contribution in [0.2, 0.25) is 5.02 Å². The molecule has 8 heteroatoms. The third-order valence-electron chi connectivity index (χ3n) is 6.58. The number of aromatic nitrogens is 2. The predicted octanol–water partition coefficient (Wildman–Crippen LogP) is 5.43. The molecular formula is C29H28ClN5OS. The minimum Gasteiger partial charge on any atom is -0.335 e. The quantitative estimate of drug-likeness (QED) is 0.237. The monoisotopic (exact) mass is 529 g/mol. The van der Waals surface area contributed by atoms with Gasteiger partial charge in [-0.3, -0.25) is 14.7 Å². The van der Waals surface area contributed by atoms with Crippen molar-refractivity contribution in [1.82, 2.24) is 19.2 Å². The van der Waals surface area contributed by atoms with E-state index in [1.54, 1.807) is 0 Å². The van der Waals surface area contributed by atoms with Crippen molar-refractivity contribution in [2.24, 2.45) is 4.99 Å². The number of fused-ring (bicyclic) bond motifs is 1. The SMILES string of the molecule is CCN=CC(=S)C(=O)N1CCN(Cc2c(-c3ccc(Cl)cc3)nc3ccc(-c4ccccc4)cn23)CC1. The van der Waals surface area contributed by atoms with Gasteiger partial charge in [-0.15, -0.1) is 0 Å². The lowest BCUT2D eigenvalue weighted by atomic mass is 10.1. The molecule has 4 aromatic rings. The number of hydrogen-bond acceptors (Lipinski definition) is 5. The normalized spacial score (nSPS) is 14.5. The number of hydrogen-bond donors (Lipinski definition) is 0. The van der Waals surface area contributed by atoms with Crippen molar-refractivity contribution in [2.45, 2.75) is 13.5 Å². The van der Waals surface area contributed by atoms with Gasteiger partial charge in [0.05, 0.1) is 11.4 Å². The molecule has 0 spiro atoms. The largest absolute Gasteiger partial charge is 0.335 e. The second-order valence-electron chi connectivity index (χ2n) is 8.99. The van der Waals surface area contributed by atoms with Crippen molar-refractivity contribution in [1.29, 1.82) is 0 Å². The summed E-state index contributed by atoms with van der Waals surface area (Å²) in [7, 11) is 0. The first-order chi connectivity index (χ1) is 18.0. The summed E-state index contributed by atoms with van der Waals surface area (Å²) < 4.78 is 2.19. The third-order valence-corrected chi connectivity index (χ3v) is 7.11. The number of pyridine rings is 1. The van der Waals surface area contributed by atoms with Gasteiger partial charge in [-0.1, -0.05) is 66.3 Å². The molecule has 1 saturated heterocycles. The van der Waals surface area contributed by atoms with Crippen LogP contribution >= 0.6 is 23.8 Å². The fourth-order valence-corrected chi connectivity index (χ4v) is 4.92. The van der Waals surface area contributed by atoms with Crippen LogP contribution in [-0.2, 0) is 11.3 Å². The van der Waals surface area contributed by atoms with Crippen molar-refractivity contribution in [2.75, 3.05) is 32.7 Å². The number of piperazine rings is 1. The number of carbonyl (C=O) groups excluding carboxylic acids is 1. The van der Waals surface area contributed by atoms with E-state index in [0.29, 0.717) is 31.2 Å². The van der Waals surface area contributed by atoms with E-state index in [4.69, 9.17) is 28.8 Å². The average molecular weight is 530 g/mol. The molecule has 0 radical (unpaired) electrons. The number of halogens is 1. The molecule has 37 heavy (non-hydrogen) atoms. The molecule has 0 aliphatic carbocycles. The summed E-state index contributed by atoms with van der Waals surface area (Å²) in [5.74, 6) is -0.115. The summed E-state index contributed by atoms with van der Waals surface area (Å²) in [5, 5.41) is 0.697. The van der Waals surface area contributed by atoms with Crippen molar-refractivity contribution >= 4 is 46.5 Å². The number of nitrogens with zero attached hydrogens (tertiary/aromatic N) is 5. The molecule has 5 rings (SSSR count). The van der Waals surface area contributed by atoms with Gasteiger partial charge < -0.3 is 9.30 Å². The van der Waals surface area contributed by atoms with Gasteiger partial charge in [0.1, 0.15) is 10.5 Å². The molecule has 2 aromatic heterocycles. The molecule has 2 aromatic carbocycles. The van der Waals surface area contributed by atoms with Gasteiger partial charge in [-0.2, -0.15) is 0 Å². The topological polar surface area (TPSA) is 53.2 Å². The zero-order valence-corrected chi connectivity index (χ0v) is 22.3. The molecule has 1 fully saturated rings. The molecule has 3 heterocycles. The van der Waals surface area contributed by atoms with Crippen LogP contribution in [0, 0.1) is 0 Å². The first-order valence-electron chi connectivity index (χ1n) is 12.4. The van der Waals surface area contributed by atoms with E-state index >= 15 is 0 Å². The van der Waals surface area contributed by atoms with E-state index < -0.39 is 0 Å². The third kappa shape index (κ3) is 5.64. The van der Waals surface area contributed by atoms with E-state index in [0.717, 1.165) is 46.8 Å². The van der Waals surface area contributed by atoms with Crippen molar-refractivity contribution < 1.29 is 4.79 Å². The van der Waals surface area contributed by atoms with E-state index in [1.165, 1.54) is 6.21 Å². The van der Waals surface area contributed by atoms with E-state index in [2.05, 4.69) is 44.8 Å². The fraction of sp³-hybridized carbons (Fsp3) is 0.241. The van der Waals surface area contributed by atoms with E-state index in [9.17, 15) is 4.79 Å². The van der Waals surface area contributed by atoms with Crippen LogP contribution in [0.15, 0.2) is 77.9 Å². The molecule has 0 bridgehead atoms. The Kier molecular flexibility index (Phi) is 7.74. The molecule has 0 unspecified atom stereocenters. The number of rotatable bonds is 7. The summed E-state index contributed by atoms with van der Waals surface area (Å²) in [4.78, 5) is 26.3. The molecule has 0 atom stereocenters. The van der Waals surface area contributed by atoms with E-state index in [1.807, 2.05) is 54.3 Å². The molecule has 6 nitrogen and oxygen atoms in total. The zero-order valence-electron chi connectivity index (χ0n) is 20.7. The molecule has 0 saturated carbocycles. The predicted molar refractivity (Wildman–Crippen MR) is 155 cm³/mol. The standard InChI is InChI=1S/C29H28ClN5OS/c1-2-31-18-26(37)29(36)34-16-14-33(15-17-34)20-25-28(22-8-11-24(30)12-9-22)32-27-13-10-23(19-35(25)27)21-6-4-3-5-7-21/h3-13,18-19H,2,14-17,20H2,1H3. The van der Waals surface area contributed by atoms with Crippen LogP contribution in [0.5, 0.6) is 0 Å². The lowest BCUT2D eigenvalue weighted by Gasteiger charge is -2.34. The Morgan fingerprint density at radius 1 is 0.973 bits per heavy atom. The smallest absolute Gasteiger partial charge is 0.266 e. The second-order valence-corrected chi connectivity index (χ2v) is 9.86. The molecule has 188 valence electrons. The summed E-state index contributed by atoms with van der Waals surface area (Å²) in [6.45, 7) is 6.01. The van der Waals surface area contributed by atoms with E-state index in [-0.39, 0.29) is 10.8 Å². The maximum atomic E-state index is 12.7. The summed E-state index contributed by atoms with van der Waals surface area (Å²) in [6, 6.07) is 22.4. The lowest BCUT2D eigenvalue weighted by molar-refractivity contribution is -0.125. The molecule has 1 aliphatic rings. The lowest BCUT2D eigenvalue weighted by Crippen LogP contribution is -2.50. The minimum absolute atomic E-state index is 0.115. The number of carbonyl (C=O) groups is 1. The van der Waals surface area contributed by atoms with Crippen LogP contribution < -0.4 is 0 Å². The zero-order chi connectivity index (χ0) is 25.8. The van der Waals surface area contributed by atoms with Gasteiger partial charge in [-0.25, -0.2) is 4.98 Å². The summed E-state index contributed by atoms with van der Waals surface area (Å²) in [5.41, 5.74) is 6.27. The maximum Gasteiger partial charge on any atom is 0.266 e. The number of imidazole rings is 1. The van der Waals surface area contributed by atoms with Gasteiger partial charge in [0, 0.05) is 62.3 Å². The van der Waals surface area contributed by atoms with Crippen LogP contribution in [-0.4, -0.2) is 68.9 Å². The molecule has 1 aliphatic heterocycles. The van der Waals surface area contributed by atoms with Gasteiger partial charge in [0.25, 0.3) is 5.91 Å².